The molecule has 0 saturated carbocycles. The maximum atomic E-state index is 4.92. The Kier molecular flexibility index (Phi) is 10.5. The zero-order chi connectivity index (χ0) is 39.1. The topological polar surface area (TPSA) is 12.4 Å². The third-order valence-electron chi connectivity index (χ3n) is 10.9. The highest BCUT2D eigenvalue weighted by molar-refractivity contribution is 6.07. The van der Waals surface area contributed by atoms with Gasteiger partial charge in [-0.1, -0.05) is 206 Å². The molecule has 0 atom stereocenters. The Morgan fingerprint density at radius 1 is 0.310 bits per heavy atom. The van der Waals surface area contributed by atoms with Crippen LogP contribution in [0.1, 0.15) is 18.1 Å². The van der Waals surface area contributed by atoms with Crippen molar-refractivity contribution in [2.45, 2.75) is 13.5 Å². The first-order valence-corrected chi connectivity index (χ1v) is 20.0. The minimum Gasteiger partial charge on any atom is -0.285 e. The zero-order valence-electron chi connectivity index (χ0n) is 32.6. The molecule has 0 aliphatic carbocycles. The van der Waals surface area contributed by atoms with Crippen LogP contribution in [-0.2, 0) is 6.54 Å². The third kappa shape index (κ3) is 7.72. The normalized spacial score (nSPS) is 11.4. The standard InChI is InChI=1S/C57H43N/c1-41(58-40-42-20-7-2-8-21-42)47-30-17-31-48(36-47)49-32-18-33-50(37-49)51-34-19-35-52(38-51)54-39-53(43-22-9-3-10-23-43)55(44-24-11-4-12-25-44)57(46-28-15-6-16-29-46)56(54)45-26-13-5-14-27-45/h2-39H,40H2,1H3. The van der Waals surface area contributed by atoms with E-state index in [1.165, 1.54) is 83.5 Å². The molecule has 0 bridgehead atoms. The Bertz CT molecular complexity index is 2820. The minimum atomic E-state index is 0.670. The summed E-state index contributed by atoms with van der Waals surface area (Å²) in [5.41, 5.74) is 20.1. The maximum Gasteiger partial charge on any atom is 0.0643 e. The molecule has 0 spiro atoms. The van der Waals surface area contributed by atoms with Gasteiger partial charge in [-0.25, -0.2) is 0 Å². The van der Waals surface area contributed by atoms with Crippen molar-refractivity contribution in [3.63, 3.8) is 0 Å². The molecule has 0 fully saturated rings. The fourth-order valence-electron chi connectivity index (χ4n) is 8.01. The highest BCUT2D eigenvalue weighted by Gasteiger charge is 2.23. The summed E-state index contributed by atoms with van der Waals surface area (Å²) in [4.78, 5) is 4.92. The monoisotopic (exact) mass is 741 g/mol. The first-order valence-electron chi connectivity index (χ1n) is 20.0. The lowest BCUT2D eigenvalue weighted by Crippen LogP contribution is -1.98. The molecule has 0 aliphatic heterocycles. The second kappa shape index (κ2) is 16.8. The highest BCUT2D eigenvalue weighted by atomic mass is 14.7. The van der Waals surface area contributed by atoms with Gasteiger partial charge >= 0.3 is 0 Å². The van der Waals surface area contributed by atoms with Crippen LogP contribution in [-0.4, -0.2) is 5.71 Å². The number of aliphatic imine (C=N–C) groups is 1. The van der Waals surface area contributed by atoms with Gasteiger partial charge in [-0.3, -0.25) is 4.99 Å². The molecule has 0 aliphatic rings. The summed E-state index contributed by atoms with van der Waals surface area (Å²) >= 11 is 0. The van der Waals surface area contributed by atoms with Gasteiger partial charge in [-0.15, -0.1) is 0 Å². The van der Waals surface area contributed by atoms with Gasteiger partial charge in [0.15, 0.2) is 0 Å². The van der Waals surface area contributed by atoms with Crippen molar-refractivity contribution in [2.75, 3.05) is 0 Å². The Morgan fingerprint density at radius 2 is 0.672 bits per heavy atom. The molecule has 0 saturated heterocycles. The van der Waals surface area contributed by atoms with E-state index in [0.29, 0.717) is 6.54 Å². The number of hydrogen-bond donors (Lipinski definition) is 0. The van der Waals surface area contributed by atoms with Crippen LogP contribution in [0, 0.1) is 0 Å². The molecule has 0 amide bonds. The van der Waals surface area contributed by atoms with Gasteiger partial charge in [0.1, 0.15) is 0 Å². The summed E-state index contributed by atoms with van der Waals surface area (Å²) in [5.74, 6) is 0. The lowest BCUT2D eigenvalue weighted by molar-refractivity contribution is 1.06. The summed E-state index contributed by atoms with van der Waals surface area (Å²) < 4.78 is 0. The molecule has 9 aromatic carbocycles. The molecular weight excluding hydrogens is 699 g/mol. The van der Waals surface area contributed by atoms with Gasteiger partial charge in [0, 0.05) is 5.71 Å². The first-order chi connectivity index (χ1) is 28.7. The van der Waals surface area contributed by atoms with Crippen molar-refractivity contribution in [1.29, 1.82) is 0 Å². The predicted molar refractivity (Wildman–Crippen MR) is 247 cm³/mol. The second-order valence-electron chi connectivity index (χ2n) is 14.7. The molecule has 0 heterocycles. The average Bonchev–Trinajstić information content (AvgIpc) is 3.31. The van der Waals surface area contributed by atoms with Gasteiger partial charge < -0.3 is 0 Å². The fourth-order valence-corrected chi connectivity index (χ4v) is 8.01. The van der Waals surface area contributed by atoms with Crippen molar-refractivity contribution in [3.8, 4) is 77.9 Å². The van der Waals surface area contributed by atoms with Crippen LogP contribution in [0.25, 0.3) is 77.9 Å². The summed E-state index contributed by atoms with van der Waals surface area (Å²) in [7, 11) is 0. The third-order valence-corrected chi connectivity index (χ3v) is 10.9. The molecule has 9 rings (SSSR count). The largest absolute Gasteiger partial charge is 0.285 e. The van der Waals surface area contributed by atoms with Crippen molar-refractivity contribution in [2.24, 2.45) is 4.99 Å². The van der Waals surface area contributed by atoms with Crippen LogP contribution in [0.3, 0.4) is 0 Å². The van der Waals surface area contributed by atoms with Gasteiger partial charge in [-0.05, 0) is 120 Å². The second-order valence-corrected chi connectivity index (χ2v) is 14.7. The van der Waals surface area contributed by atoms with Crippen molar-refractivity contribution in [1.82, 2.24) is 0 Å². The first kappa shape index (κ1) is 36.3. The molecule has 9 aromatic rings. The van der Waals surface area contributed by atoms with E-state index < -0.39 is 0 Å². The fraction of sp³-hybridized carbons (Fsp3) is 0.0351. The summed E-state index contributed by atoms with van der Waals surface area (Å²) in [5, 5.41) is 0. The van der Waals surface area contributed by atoms with E-state index in [1.807, 2.05) is 6.07 Å². The van der Waals surface area contributed by atoms with E-state index in [0.717, 1.165) is 11.3 Å². The molecule has 0 unspecified atom stereocenters. The Labute approximate surface area is 342 Å². The van der Waals surface area contributed by atoms with E-state index in [2.05, 4.69) is 231 Å². The quantitative estimate of drug-likeness (QED) is 0.124. The number of benzene rings is 9. The van der Waals surface area contributed by atoms with Gasteiger partial charge in [0.2, 0.25) is 0 Å². The van der Waals surface area contributed by atoms with Crippen LogP contribution in [0.2, 0.25) is 0 Å². The van der Waals surface area contributed by atoms with Gasteiger partial charge in [-0.2, -0.15) is 0 Å². The smallest absolute Gasteiger partial charge is 0.0643 e. The van der Waals surface area contributed by atoms with Gasteiger partial charge in [0.25, 0.3) is 0 Å². The SMILES string of the molecule is CC(=NCc1ccccc1)c1cccc(-c2cccc(-c3cccc(-c4cc(-c5ccccc5)c(-c5ccccc5)c(-c5ccccc5)c4-c4ccccc4)c3)c2)c1. The van der Waals surface area contributed by atoms with E-state index in [-0.39, 0.29) is 0 Å². The molecule has 1 nitrogen and oxygen atoms in total. The summed E-state index contributed by atoms with van der Waals surface area (Å²) in [6.45, 7) is 2.77. The lowest BCUT2D eigenvalue weighted by Gasteiger charge is -2.24. The highest BCUT2D eigenvalue weighted by Crippen LogP contribution is 2.50. The number of hydrogen-bond acceptors (Lipinski definition) is 1. The average molecular weight is 742 g/mol. The summed E-state index contributed by atoms with van der Waals surface area (Å²) in [6, 6.07) is 83.1. The van der Waals surface area contributed by atoms with Crippen LogP contribution in [0.5, 0.6) is 0 Å². The Hall–Kier alpha value is -7.35. The number of nitrogens with zero attached hydrogens (tertiary/aromatic N) is 1. The van der Waals surface area contributed by atoms with E-state index >= 15 is 0 Å². The van der Waals surface area contributed by atoms with Crippen LogP contribution < -0.4 is 0 Å². The van der Waals surface area contributed by atoms with Crippen molar-refractivity contribution in [3.05, 3.63) is 242 Å². The summed E-state index contributed by atoms with van der Waals surface area (Å²) in [6.07, 6.45) is 0. The number of rotatable bonds is 10. The molecule has 1 heteroatoms. The molecule has 0 radical (unpaired) electrons. The maximum absolute atomic E-state index is 4.92. The van der Waals surface area contributed by atoms with Crippen LogP contribution in [0.4, 0.5) is 0 Å². The molecule has 276 valence electrons. The van der Waals surface area contributed by atoms with E-state index in [1.54, 1.807) is 0 Å². The van der Waals surface area contributed by atoms with Crippen LogP contribution >= 0.6 is 0 Å². The van der Waals surface area contributed by atoms with Gasteiger partial charge in [0.05, 0.1) is 6.54 Å². The van der Waals surface area contributed by atoms with Crippen molar-refractivity contribution < 1.29 is 0 Å². The lowest BCUT2D eigenvalue weighted by atomic mass is 9.78. The Morgan fingerprint density at radius 3 is 1.19 bits per heavy atom. The van der Waals surface area contributed by atoms with Crippen LogP contribution in [0.15, 0.2) is 236 Å². The van der Waals surface area contributed by atoms with E-state index in [4.69, 9.17) is 4.99 Å². The molecular formula is C57H43N. The van der Waals surface area contributed by atoms with E-state index in [9.17, 15) is 0 Å². The molecule has 0 N–H and O–H groups in total. The minimum absolute atomic E-state index is 0.670. The molecule has 0 aromatic heterocycles. The zero-order valence-corrected chi connectivity index (χ0v) is 32.6. The molecule has 58 heavy (non-hydrogen) atoms. The van der Waals surface area contributed by atoms with Crippen molar-refractivity contribution >= 4 is 5.71 Å². The predicted octanol–water partition coefficient (Wildman–Crippen LogP) is 15.4. The Balaban J connectivity index is 1.20.